The first-order valence-corrected chi connectivity index (χ1v) is 15.4. The maximum Gasteiger partial charge on any atom is 0.303 e. The molecule has 0 bridgehead atoms. The van der Waals surface area contributed by atoms with Crippen molar-refractivity contribution in [3.05, 3.63) is 29.8 Å². The van der Waals surface area contributed by atoms with Gasteiger partial charge in [-0.15, -0.1) is 0 Å². The Hall–Kier alpha value is -1.88. The smallest absolute Gasteiger partial charge is 0.303 e. The number of benzene rings is 1. The SMILES string of the molecule is C[C@]12CCC(=O)C[C@@H]1CC[C@@H]1[C@@H]2[C@@H](c2ccc(OCCCCCCCC(=O)O)cc2)C[C@]2(C)[C@@H](O)CC[C@@H]12. The first kappa shape index (κ1) is 27.7. The molecule has 4 aliphatic carbocycles. The Kier molecular flexibility index (Phi) is 8.24. The minimum atomic E-state index is -0.708. The van der Waals surface area contributed by atoms with E-state index < -0.39 is 5.97 Å². The number of carbonyl (C=O) groups excluding carboxylic acids is 1. The van der Waals surface area contributed by atoms with E-state index in [1.54, 1.807) is 0 Å². The predicted octanol–water partition coefficient (Wildman–Crippen LogP) is 7.16. The minimum absolute atomic E-state index is 0.0147. The van der Waals surface area contributed by atoms with E-state index in [-0.39, 0.29) is 23.4 Å². The van der Waals surface area contributed by atoms with E-state index in [9.17, 15) is 14.7 Å². The van der Waals surface area contributed by atoms with E-state index >= 15 is 0 Å². The van der Waals surface area contributed by atoms with Gasteiger partial charge in [0.05, 0.1) is 12.7 Å². The van der Waals surface area contributed by atoms with E-state index in [0.717, 1.165) is 76.4 Å². The normalized spacial score (nSPS) is 38.2. The number of carboxylic acid groups (broad SMARTS) is 1. The van der Waals surface area contributed by atoms with E-state index in [1.807, 2.05) is 0 Å². The molecule has 2 N–H and O–H groups in total. The number of unbranched alkanes of at least 4 members (excludes halogenated alkanes) is 4. The quantitative estimate of drug-likeness (QED) is 0.317. The topological polar surface area (TPSA) is 83.8 Å². The lowest BCUT2D eigenvalue weighted by Gasteiger charge is -2.62. The summed E-state index contributed by atoms with van der Waals surface area (Å²) in [6, 6.07) is 8.80. The molecular formula is C33H48O5. The molecule has 38 heavy (non-hydrogen) atoms. The summed E-state index contributed by atoms with van der Waals surface area (Å²) in [6.07, 6.45) is 12.9. The van der Waals surface area contributed by atoms with Crippen LogP contribution in [0.1, 0.15) is 115 Å². The van der Waals surface area contributed by atoms with Gasteiger partial charge >= 0.3 is 5.97 Å². The maximum absolute atomic E-state index is 12.4. The number of ether oxygens (including phenoxy) is 1. The van der Waals surface area contributed by atoms with Gasteiger partial charge < -0.3 is 14.9 Å². The van der Waals surface area contributed by atoms with Crippen LogP contribution in [-0.4, -0.2) is 34.7 Å². The largest absolute Gasteiger partial charge is 0.494 e. The highest BCUT2D eigenvalue weighted by Crippen LogP contribution is 2.69. The summed E-state index contributed by atoms with van der Waals surface area (Å²) in [4.78, 5) is 23.0. The van der Waals surface area contributed by atoms with Crippen LogP contribution in [0, 0.1) is 34.5 Å². The number of carbonyl (C=O) groups is 2. The zero-order valence-electron chi connectivity index (χ0n) is 23.5. The van der Waals surface area contributed by atoms with E-state index in [1.165, 1.54) is 18.4 Å². The van der Waals surface area contributed by atoms with Gasteiger partial charge in [0, 0.05) is 19.3 Å². The van der Waals surface area contributed by atoms with Crippen molar-refractivity contribution in [3.63, 3.8) is 0 Å². The number of carboxylic acids is 1. The lowest BCUT2D eigenvalue weighted by Crippen LogP contribution is -2.56. The average molecular weight is 525 g/mol. The molecule has 0 saturated heterocycles. The summed E-state index contributed by atoms with van der Waals surface area (Å²) >= 11 is 0. The van der Waals surface area contributed by atoms with Crippen molar-refractivity contribution in [2.75, 3.05) is 6.61 Å². The third-order valence-corrected chi connectivity index (χ3v) is 11.5. The zero-order valence-corrected chi connectivity index (χ0v) is 23.5. The number of aliphatic hydroxyl groups is 1. The molecule has 5 heteroatoms. The summed E-state index contributed by atoms with van der Waals surface area (Å²) in [5, 5.41) is 19.9. The lowest BCUT2D eigenvalue weighted by atomic mass is 9.42. The Labute approximate surface area is 228 Å². The summed E-state index contributed by atoms with van der Waals surface area (Å²) < 4.78 is 6.05. The summed E-state index contributed by atoms with van der Waals surface area (Å²) in [7, 11) is 0. The van der Waals surface area contributed by atoms with Gasteiger partial charge in [-0.1, -0.05) is 45.2 Å². The zero-order chi connectivity index (χ0) is 26.9. The summed E-state index contributed by atoms with van der Waals surface area (Å²) in [5.41, 5.74) is 1.57. The van der Waals surface area contributed by atoms with Crippen LogP contribution >= 0.6 is 0 Å². The first-order chi connectivity index (χ1) is 18.2. The van der Waals surface area contributed by atoms with Crippen LogP contribution in [0.2, 0.25) is 0 Å². The van der Waals surface area contributed by atoms with Crippen LogP contribution in [0.5, 0.6) is 5.75 Å². The second-order valence-electron chi connectivity index (χ2n) is 13.6. The first-order valence-electron chi connectivity index (χ1n) is 15.4. The molecule has 0 aromatic heterocycles. The molecule has 5 nitrogen and oxygen atoms in total. The number of fused-ring (bicyclic) bond motifs is 5. The second kappa shape index (κ2) is 11.3. The van der Waals surface area contributed by atoms with Gasteiger partial charge in [-0.05, 0) is 109 Å². The van der Waals surface area contributed by atoms with Crippen LogP contribution in [0.15, 0.2) is 24.3 Å². The molecule has 8 atom stereocenters. The third kappa shape index (κ3) is 5.29. The number of Topliss-reactive ketones (excluding diaryl/α,β-unsaturated/α-hetero) is 1. The predicted molar refractivity (Wildman–Crippen MR) is 148 cm³/mol. The molecule has 0 spiro atoms. The van der Waals surface area contributed by atoms with Gasteiger partial charge in [0.2, 0.25) is 0 Å². The number of hydrogen-bond donors (Lipinski definition) is 2. The van der Waals surface area contributed by atoms with Gasteiger partial charge in [0.1, 0.15) is 11.5 Å². The van der Waals surface area contributed by atoms with Gasteiger partial charge in [0.25, 0.3) is 0 Å². The van der Waals surface area contributed by atoms with Crippen molar-refractivity contribution < 1.29 is 24.5 Å². The van der Waals surface area contributed by atoms with Crippen molar-refractivity contribution in [1.82, 2.24) is 0 Å². The Morgan fingerprint density at radius 2 is 1.71 bits per heavy atom. The van der Waals surface area contributed by atoms with Gasteiger partial charge in [-0.2, -0.15) is 0 Å². The molecule has 0 heterocycles. The minimum Gasteiger partial charge on any atom is -0.494 e. The molecule has 5 rings (SSSR count). The van der Waals surface area contributed by atoms with Gasteiger partial charge in [-0.25, -0.2) is 0 Å². The highest BCUT2D eigenvalue weighted by Gasteiger charge is 2.63. The molecule has 0 unspecified atom stereocenters. The average Bonchev–Trinajstić information content (AvgIpc) is 3.19. The van der Waals surface area contributed by atoms with Crippen LogP contribution in [0.3, 0.4) is 0 Å². The molecule has 210 valence electrons. The summed E-state index contributed by atoms with van der Waals surface area (Å²) in [6.45, 7) is 5.55. The Bertz CT molecular complexity index is 988. The highest BCUT2D eigenvalue weighted by atomic mass is 16.5. The Morgan fingerprint density at radius 3 is 2.47 bits per heavy atom. The van der Waals surface area contributed by atoms with Crippen molar-refractivity contribution in [2.45, 2.75) is 116 Å². The summed E-state index contributed by atoms with van der Waals surface area (Å²) in [5.74, 6) is 3.39. The van der Waals surface area contributed by atoms with Crippen LogP contribution in [-0.2, 0) is 9.59 Å². The van der Waals surface area contributed by atoms with Gasteiger partial charge in [-0.3, -0.25) is 9.59 Å². The van der Waals surface area contributed by atoms with E-state index in [0.29, 0.717) is 42.0 Å². The lowest BCUT2D eigenvalue weighted by molar-refractivity contribution is -0.147. The fraction of sp³-hybridized carbons (Fsp3) is 0.758. The van der Waals surface area contributed by atoms with Crippen molar-refractivity contribution in [3.8, 4) is 5.75 Å². The van der Waals surface area contributed by atoms with Crippen LogP contribution in [0.25, 0.3) is 0 Å². The Morgan fingerprint density at radius 1 is 0.974 bits per heavy atom. The monoisotopic (exact) mass is 524 g/mol. The standard InChI is InChI=1S/C33H48O5/c1-32-18-17-24(34)20-23(32)11-14-26-28-15-16-29(35)33(28,2)21-27(31(26)32)22-9-12-25(13-10-22)38-19-7-5-3-4-6-8-30(36)37/h9-10,12-13,23,26-29,31,35H,3-8,11,14-21H2,1-2H3,(H,36,37)/t23-,26-,27+,28-,29-,31+,32-,33-/m0/s1. The number of aliphatic carboxylic acids is 1. The molecule has 4 aliphatic rings. The van der Waals surface area contributed by atoms with Gasteiger partial charge in [0.15, 0.2) is 0 Å². The molecule has 1 aromatic carbocycles. The maximum atomic E-state index is 12.4. The third-order valence-electron chi connectivity index (χ3n) is 11.5. The van der Waals surface area contributed by atoms with Crippen LogP contribution in [0.4, 0.5) is 0 Å². The Balaban J connectivity index is 1.27. The highest BCUT2D eigenvalue weighted by molar-refractivity contribution is 5.79. The number of ketones is 1. The molecule has 4 saturated carbocycles. The fourth-order valence-corrected chi connectivity index (χ4v) is 9.44. The number of aliphatic hydroxyl groups excluding tert-OH is 1. The fourth-order valence-electron chi connectivity index (χ4n) is 9.44. The molecular weight excluding hydrogens is 476 g/mol. The van der Waals surface area contributed by atoms with E-state index in [2.05, 4.69) is 38.1 Å². The molecule has 0 radical (unpaired) electrons. The molecule has 4 fully saturated rings. The van der Waals surface area contributed by atoms with Crippen molar-refractivity contribution >= 4 is 11.8 Å². The van der Waals surface area contributed by atoms with E-state index in [4.69, 9.17) is 9.84 Å². The van der Waals surface area contributed by atoms with Crippen molar-refractivity contribution in [1.29, 1.82) is 0 Å². The number of hydrogen-bond acceptors (Lipinski definition) is 4. The molecule has 1 aromatic rings. The van der Waals surface area contributed by atoms with Crippen LogP contribution < -0.4 is 4.74 Å². The molecule has 0 aliphatic heterocycles. The molecule has 0 amide bonds. The number of rotatable bonds is 10. The second-order valence-corrected chi connectivity index (χ2v) is 13.6. The van der Waals surface area contributed by atoms with Crippen molar-refractivity contribution in [2.24, 2.45) is 34.5 Å².